The third kappa shape index (κ3) is 3.23. The molecule has 1 heterocycles. The van der Waals surface area contributed by atoms with E-state index in [2.05, 4.69) is 16.9 Å². The van der Waals surface area contributed by atoms with Crippen molar-refractivity contribution in [3.63, 3.8) is 0 Å². The van der Waals surface area contributed by atoms with Crippen LogP contribution in [0.25, 0.3) is 0 Å². The normalized spacial score (nSPS) is 19.8. The quantitative estimate of drug-likeness (QED) is 0.641. The van der Waals surface area contributed by atoms with Crippen LogP contribution in [0.1, 0.15) is 55.7 Å². The van der Waals surface area contributed by atoms with E-state index in [1.807, 2.05) is 6.20 Å². The molecule has 1 aliphatic rings. The maximum Gasteiger partial charge on any atom is 0.154 e. The first-order chi connectivity index (χ1) is 8.31. The molecule has 2 N–H and O–H groups in total. The number of aromatic nitrogens is 2. The predicted molar refractivity (Wildman–Crippen MR) is 66.5 cm³/mol. The highest BCUT2D eigenvalue weighted by Crippen LogP contribution is 2.24. The Kier molecular flexibility index (Phi) is 4.45. The molecule has 0 amide bonds. The lowest BCUT2D eigenvalue weighted by Crippen LogP contribution is -2.13. The van der Waals surface area contributed by atoms with Gasteiger partial charge in [0.05, 0.1) is 0 Å². The average Bonchev–Trinajstić information content (AvgIpc) is 2.52. The average molecular weight is 235 g/mol. The molecule has 0 aliphatic heterocycles. The van der Waals surface area contributed by atoms with Gasteiger partial charge in [-0.25, -0.2) is 9.97 Å². The molecule has 4 nitrogen and oxygen atoms in total. The van der Waals surface area contributed by atoms with Crippen LogP contribution in [0.5, 0.6) is 0 Å². The monoisotopic (exact) mass is 235 g/mol. The van der Waals surface area contributed by atoms with E-state index in [1.54, 1.807) is 0 Å². The molecule has 0 spiro atoms. The lowest BCUT2D eigenvalue weighted by molar-refractivity contribution is 0.116. The fourth-order valence-corrected chi connectivity index (χ4v) is 2.17. The first-order valence-corrected chi connectivity index (χ1v) is 6.49. The van der Waals surface area contributed by atoms with Crippen molar-refractivity contribution in [2.45, 2.75) is 51.7 Å². The summed E-state index contributed by atoms with van der Waals surface area (Å²) in [5, 5.41) is 0. The number of nitrogens with zero attached hydrogens (tertiary/aromatic N) is 2. The van der Waals surface area contributed by atoms with Crippen molar-refractivity contribution in [1.29, 1.82) is 0 Å². The Morgan fingerprint density at radius 2 is 2.35 bits per heavy atom. The smallest absolute Gasteiger partial charge is 0.154 e. The number of hydrogen-bond acceptors (Lipinski definition) is 4. The number of hydrogen-bond donors (Lipinski definition) is 1. The van der Waals surface area contributed by atoms with E-state index >= 15 is 0 Å². The van der Waals surface area contributed by atoms with Gasteiger partial charge in [0.25, 0.3) is 0 Å². The van der Waals surface area contributed by atoms with Crippen LogP contribution in [0.3, 0.4) is 0 Å². The van der Waals surface area contributed by atoms with Crippen molar-refractivity contribution in [2.24, 2.45) is 5.73 Å². The predicted octanol–water partition coefficient (Wildman–Crippen LogP) is 2.13. The molecule has 0 saturated heterocycles. The zero-order valence-corrected chi connectivity index (χ0v) is 10.5. The molecule has 2 rings (SSSR count). The summed E-state index contributed by atoms with van der Waals surface area (Å²) >= 11 is 0. The van der Waals surface area contributed by atoms with Gasteiger partial charge in [-0.15, -0.1) is 0 Å². The Morgan fingerprint density at radius 1 is 1.47 bits per heavy atom. The molecule has 0 radical (unpaired) electrons. The van der Waals surface area contributed by atoms with Crippen molar-refractivity contribution in [3.8, 4) is 0 Å². The molecule has 0 bridgehead atoms. The number of rotatable bonds is 4. The van der Waals surface area contributed by atoms with Gasteiger partial charge in [0.15, 0.2) is 5.82 Å². The van der Waals surface area contributed by atoms with Gasteiger partial charge in [-0.1, -0.05) is 13.3 Å². The summed E-state index contributed by atoms with van der Waals surface area (Å²) in [5.74, 6) is 0.784. The Bertz CT molecular complexity index is 368. The van der Waals surface area contributed by atoms with Crippen LogP contribution in [0.4, 0.5) is 0 Å². The standard InChI is InChI=1S/C13H21N3O/c1-2-7-17-9-13-15-8-10-11(14)5-3-4-6-12(10)16-13/h8,11H,2-7,9,14H2,1H3. The van der Waals surface area contributed by atoms with E-state index in [-0.39, 0.29) is 6.04 Å². The van der Waals surface area contributed by atoms with E-state index in [4.69, 9.17) is 10.5 Å². The van der Waals surface area contributed by atoms with Crippen LogP contribution in [-0.2, 0) is 17.8 Å². The van der Waals surface area contributed by atoms with Gasteiger partial charge >= 0.3 is 0 Å². The Labute approximate surface area is 103 Å². The summed E-state index contributed by atoms with van der Waals surface area (Å²) in [7, 11) is 0. The highest BCUT2D eigenvalue weighted by molar-refractivity contribution is 5.22. The van der Waals surface area contributed by atoms with E-state index in [1.165, 1.54) is 12.8 Å². The molecule has 17 heavy (non-hydrogen) atoms. The maximum absolute atomic E-state index is 6.11. The molecule has 0 saturated carbocycles. The Balaban J connectivity index is 2.09. The van der Waals surface area contributed by atoms with Gasteiger partial charge in [-0.3, -0.25) is 0 Å². The van der Waals surface area contributed by atoms with Crippen LogP contribution in [0, 0.1) is 0 Å². The molecule has 1 aliphatic carbocycles. The summed E-state index contributed by atoms with van der Waals surface area (Å²) in [6.07, 6.45) is 7.33. The van der Waals surface area contributed by atoms with Crippen LogP contribution < -0.4 is 5.73 Å². The Morgan fingerprint density at radius 3 is 3.18 bits per heavy atom. The molecule has 1 unspecified atom stereocenters. The first-order valence-electron chi connectivity index (χ1n) is 6.49. The van der Waals surface area contributed by atoms with Gasteiger partial charge in [0.1, 0.15) is 6.61 Å². The van der Waals surface area contributed by atoms with Gasteiger partial charge in [0, 0.05) is 30.1 Å². The summed E-state index contributed by atoms with van der Waals surface area (Å²) in [6, 6.07) is 0.109. The van der Waals surface area contributed by atoms with Crippen LogP contribution in [-0.4, -0.2) is 16.6 Å². The molecular weight excluding hydrogens is 214 g/mol. The maximum atomic E-state index is 6.11. The summed E-state index contributed by atoms with van der Waals surface area (Å²) < 4.78 is 5.46. The fourth-order valence-electron chi connectivity index (χ4n) is 2.17. The lowest BCUT2D eigenvalue weighted by Gasteiger charge is -2.12. The SMILES string of the molecule is CCCOCc1ncc2c(n1)CCCCC2N. The third-order valence-electron chi connectivity index (χ3n) is 3.11. The number of fused-ring (bicyclic) bond motifs is 1. The largest absolute Gasteiger partial charge is 0.373 e. The minimum atomic E-state index is 0.109. The summed E-state index contributed by atoms with van der Waals surface area (Å²) in [6.45, 7) is 3.37. The first kappa shape index (κ1) is 12.5. The van der Waals surface area contributed by atoms with Crippen molar-refractivity contribution >= 4 is 0 Å². The molecule has 1 aromatic rings. The summed E-state index contributed by atoms with van der Waals surface area (Å²) in [4.78, 5) is 8.92. The van der Waals surface area contributed by atoms with Crippen molar-refractivity contribution in [1.82, 2.24) is 9.97 Å². The van der Waals surface area contributed by atoms with Crippen LogP contribution in [0.15, 0.2) is 6.20 Å². The van der Waals surface area contributed by atoms with Gasteiger partial charge in [-0.2, -0.15) is 0 Å². The van der Waals surface area contributed by atoms with Crippen molar-refractivity contribution in [2.75, 3.05) is 6.61 Å². The van der Waals surface area contributed by atoms with Gasteiger partial charge in [-0.05, 0) is 25.7 Å². The molecule has 94 valence electrons. The molecular formula is C13H21N3O. The number of ether oxygens (including phenoxy) is 1. The van der Waals surface area contributed by atoms with Gasteiger partial charge in [0.2, 0.25) is 0 Å². The second-order valence-electron chi connectivity index (χ2n) is 4.59. The minimum Gasteiger partial charge on any atom is -0.373 e. The zero-order valence-electron chi connectivity index (χ0n) is 10.5. The molecule has 1 atom stereocenters. The van der Waals surface area contributed by atoms with Crippen LogP contribution in [0.2, 0.25) is 0 Å². The lowest BCUT2D eigenvalue weighted by atomic mass is 10.1. The second-order valence-corrected chi connectivity index (χ2v) is 4.59. The van der Waals surface area contributed by atoms with E-state index < -0.39 is 0 Å². The number of aryl methyl sites for hydroxylation is 1. The third-order valence-corrected chi connectivity index (χ3v) is 3.11. The van der Waals surface area contributed by atoms with Gasteiger partial charge < -0.3 is 10.5 Å². The van der Waals surface area contributed by atoms with E-state index in [0.29, 0.717) is 6.61 Å². The fraction of sp³-hybridized carbons (Fsp3) is 0.692. The molecule has 0 fully saturated rings. The topological polar surface area (TPSA) is 61.0 Å². The highest BCUT2D eigenvalue weighted by atomic mass is 16.5. The minimum absolute atomic E-state index is 0.109. The Hall–Kier alpha value is -1.00. The zero-order chi connectivity index (χ0) is 12.1. The van der Waals surface area contributed by atoms with E-state index in [0.717, 1.165) is 43.0 Å². The molecule has 1 aromatic heterocycles. The summed E-state index contributed by atoms with van der Waals surface area (Å²) in [5.41, 5.74) is 8.36. The van der Waals surface area contributed by atoms with Crippen molar-refractivity contribution < 1.29 is 4.74 Å². The van der Waals surface area contributed by atoms with Crippen molar-refractivity contribution in [3.05, 3.63) is 23.3 Å². The highest BCUT2D eigenvalue weighted by Gasteiger charge is 2.17. The van der Waals surface area contributed by atoms with Crippen LogP contribution >= 0.6 is 0 Å². The second kappa shape index (κ2) is 6.07. The number of nitrogens with two attached hydrogens (primary N) is 1. The van der Waals surface area contributed by atoms with E-state index in [9.17, 15) is 0 Å². The molecule has 0 aromatic carbocycles. The molecule has 4 heteroatoms.